The third-order valence-electron chi connectivity index (χ3n) is 6.01. The maximum Gasteiger partial charge on any atom is 0.155 e. The summed E-state index contributed by atoms with van der Waals surface area (Å²) in [4.78, 5) is 10.9. The van der Waals surface area contributed by atoms with Crippen molar-refractivity contribution in [2.24, 2.45) is 0 Å². The van der Waals surface area contributed by atoms with Gasteiger partial charge in [0.15, 0.2) is 11.5 Å². The van der Waals surface area contributed by atoms with Crippen molar-refractivity contribution in [3.8, 4) is 11.4 Å². The monoisotopic (exact) mass is 382 g/mol. The molecule has 2 fully saturated rings. The smallest absolute Gasteiger partial charge is 0.155 e. The lowest BCUT2D eigenvalue weighted by Crippen LogP contribution is -2.60. The Hall–Kier alpha value is -2.58. The summed E-state index contributed by atoms with van der Waals surface area (Å²) < 4.78 is 14.6. The molecular formula is C20H23FN6O. The summed E-state index contributed by atoms with van der Waals surface area (Å²) >= 11 is 0. The molecule has 0 amide bonds. The van der Waals surface area contributed by atoms with Gasteiger partial charge in [0.05, 0.1) is 11.6 Å². The fourth-order valence-corrected chi connectivity index (χ4v) is 4.46. The molecule has 28 heavy (non-hydrogen) atoms. The van der Waals surface area contributed by atoms with E-state index in [4.69, 9.17) is 0 Å². The quantitative estimate of drug-likeness (QED) is 0.644. The minimum absolute atomic E-state index is 0.00512. The van der Waals surface area contributed by atoms with Crippen molar-refractivity contribution < 1.29 is 9.50 Å². The first-order valence-corrected chi connectivity index (χ1v) is 9.81. The van der Waals surface area contributed by atoms with Gasteiger partial charge in [-0.25, -0.2) is 14.4 Å². The van der Waals surface area contributed by atoms with Crippen LogP contribution < -0.4 is 10.2 Å². The maximum atomic E-state index is 14.6. The summed E-state index contributed by atoms with van der Waals surface area (Å²) in [7, 11) is 0. The van der Waals surface area contributed by atoms with Crippen LogP contribution in [0.4, 0.5) is 10.2 Å². The zero-order chi connectivity index (χ0) is 19.1. The Kier molecular flexibility index (Phi) is 4.25. The van der Waals surface area contributed by atoms with E-state index in [0.717, 1.165) is 44.2 Å². The summed E-state index contributed by atoms with van der Waals surface area (Å²) in [6.07, 6.45) is 5.45. The van der Waals surface area contributed by atoms with Crippen LogP contribution in [0.3, 0.4) is 0 Å². The Morgan fingerprint density at radius 2 is 2.04 bits per heavy atom. The Morgan fingerprint density at radius 1 is 1.18 bits per heavy atom. The number of aromatic nitrogens is 4. The van der Waals surface area contributed by atoms with Crippen molar-refractivity contribution in [1.29, 1.82) is 0 Å². The Balaban J connectivity index is 1.47. The molecule has 1 aliphatic heterocycles. The summed E-state index contributed by atoms with van der Waals surface area (Å²) in [5.74, 6) is 0.284. The minimum atomic E-state index is -0.661. The molecule has 3 aromatic rings. The van der Waals surface area contributed by atoms with Gasteiger partial charge in [0.1, 0.15) is 17.2 Å². The summed E-state index contributed by atoms with van der Waals surface area (Å²) in [6.45, 7) is 2.17. The number of fused-ring (bicyclic) bond motifs is 1. The molecule has 2 aliphatic rings. The van der Waals surface area contributed by atoms with E-state index in [1.165, 1.54) is 6.07 Å². The van der Waals surface area contributed by atoms with Crippen molar-refractivity contribution in [2.75, 3.05) is 24.5 Å². The zero-order valence-corrected chi connectivity index (χ0v) is 15.5. The van der Waals surface area contributed by atoms with Gasteiger partial charge in [-0.1, -0.05) is 12.8 Å². The molecule has 5 rings (SSSR count). The summed E-state index contributed by atoms with van der Waals surface area (Å²) in [5, 5.41) is 22.2. The molecule has 7 nitrogen and oxygen atoms in total. The van der Waals surface area contributed by atoms with Crippen LogP contribution in [0.25, 0.3) is 22.4 Å². The molecule has 1 saturated carbocycles. The Labute approximate surface area is 162 Å². The molecule has 1 unspecified atom stereocenters. The van der Waals surface area contributed by atoms with Crippen LogP contribution in [0.5, 0.6) is 0 Å². The van der Waals surface area contributed by atoms with Gasteiger partial charge in [-0.2, -0.15) is 5.10 Å². The highest BCUT2D eigenvalue weighted by Crippen LogP contribution is 2.34. The first kappa shape index (κ1) is 17.5. The lowest BCUT2D eigenvalue weighted by molar-refractivity contribution is 0.00694. The van der Waals surface area contributed by atoms with Crippen LogP contribution >= 0.6 is 0 Å². The third-order valence-corrected chi connectivity index (χ3v) is 6.01. The normalized spacial score (nSPS) is 22.1. The fourth-order valence-electron chi connectivity index (χ4n) is 4.46. The van der Waals surface area contributed by atoms with Crippen molar-refractivity contribution in [3.63, 3.8) is 0 Å². The van der Waals surface area contributed by atoms with E-state index in [9.17, 15) is 9.50 Å². The van der Waals surface area contributed by atoms with Crippen LogP contribution in [0.15, 0.2) is 30.5 Å². The second-order valence-corrected chi connectivity index (χ2v) is 7.74. The number of halogens is 1. The van der Waals surface area contributed by atoms with E-state index in [-0.39, 0.29) is 11.7 Å². The van der Waals surface area contributed by atoms with E-state index >= 15 is 0 Å². The van der Waals surface area contributed by atoms with Crippen molar-refractivity contribution in [3.05, 3.63) is 36.3 Å². The van der Waals surface area contributed by atoms with E-state index in [0.29, 0.717) is 23.7 Å². The number of nitrogens with zero attached hydrogens (tertiary/aromatic N) is 4. The molecule has 3 N–H and O–H groups in total. The first-order chi connectivity index (χ1) is 13.6. The molecular weight excluding hydrogens is 359 g/mol. The van der Waals surface area contributed by atoms with E-state index < -0.39 is 11.4 Å². The topological polar surface area (TPSA) is 90.0 Å². The van der Waals surface area contributed by atoms with Crippen LogP contribution in [0.1, 0.15) is 25.7 Å². The number of hydrogen-bond donors (Lipinski definition) is 3. The number of hydrogen-bond acceptors (Lipinski definition) is 6. The number of anilines is 1. The second-order valence-electron chi connectivity index (χ2n) is 7.74. The number of H-pyrrole nitrogens is 1. The lowest BCUT2D eigenvalue weighted by atomic mass is 9.90. The van der Waals surface area contributed by atoms with Crippen LogP contribution in [-0.2, 0) is 0 Å². The average Bonchev–Trinajstić information content (AvgIpc) is 3.36. The minimum Gasteiger partial charge on any atom is -0.388 e. The number of nitrogens with one attached hydrogen (secondary N) is 2. The van der Waals surface area contributed by atoms with Crippen LogP contribution in [0.2, 0.25) is 0 Å². The van der Waals surface area contributed by atoms with Gasteiger partial charge < -0.3 is 15.3 Å². The molecule has 1 atom stereocenters. The van der Waals surface area contributed by atoms with E-state index in [2.05, 4.69) is 30.4 Å². The first-order valence-electron chi connectivity index (χ1n) is 9.81. The Morgan fingerprint density at radius 3 is 2.89 bits per heavy atom. The maximum absolute atomic E-state index is 14.6. The second kappa shape index (κ2) is 6.79. The molecule has 146 valence electrons. The Bertz CT molecular complexity index is 999. The van der Waals surface area contributed by atoms with Gasteiger partial charge >= 0.3 is 0 Å². The van der Waals surface area contributed by atoms with Gasteiger partial charge in [0.2, 0.25) is 0 Å². The lowest BCUT2D eigenvalue weighted by Gasteiger charge is -2.41. The molecule has 3 aromatic heterocycles. The number of aliphatic hydroxyl groups is 1. The van der Waals surface area contributed by atoms with Crippen molar-refractivity contribution in [2.45, 2.75) is 37.3 Å². The number of piperazine rings is 1. The van der Waals surface area contributed by atoms with Crippen LogP contribution in [-0.4, -0.2) is 56.5 Å². The highest BCUT2D eigenvalue weighted by Gasteiger charge is 2.41. The zero-order valence-electron chi connectivity index (χ0n) is 15.5. The molecule has 0 radical (unpaired) electrons. The highest BCUT2D eigenvalue weighted by molar-refractivity contribution is 5.89. The molecule has 0 spiro atoms. The van der Waals surface area contributed by atoms with E-state index in [1.807, 2.05) is 6.07 Å². The van der Waals surface area contributed by atoms with Crippen molar-refractivity contribution in [1.82, 2.24) is 25.5 Å². The molecule has 8 heteroatoms. The van der Waals surface area contributed by atoms with Gasteiger partial charge in [-0.3, -0.25) is 5.10 Å². The van der Waals surface area contributed by atoms with Gasteiger partial charge in [-0.05, 0) is 37.1 Å². The summed E-state index contributed by atoms with van der Waals surface area (Å²) in [5.41, 5.74) is 0.621. The molecule has 1 saturated heterocycles. The van der Waals surface area contributed by atoms with Gasteiger partial charge in [0.25, 0.3) is 0 Å². The van der Waals surface area contributed by atoms with Gasteiger partial charge in [-0.15, -0.1) is 0 Å². The van der Waals surface area contributed by atoms with E-state index in [1.54, 1.807) is 18.3 Å². The third kappa shape index (κ3) is 2.93. The average molecular weight is 382 g/mol. The molecule has 1 aliphatic carbocycles. The number of aromatic amines is 1. The van der Waals surface area contributed by atoms with Crippen molar-refractivity contribution >= 4 is 16.9 Å². The van der Waals surface area contributed by atoms with Crippen LogP contribution in [0, 0.1) is 5.82 Å². The molecule has 0 bridgehead atoms. The fraction of sp³-hybridized carbons (Fsp3) is 0.450. The summed E-state index contributed by atoms with van der Waals surface area (Å²) in [6, 6.07) is 6.79. The number of pyridine rings is 2. The predicted molar refractivity (Wildman–Crippen MR) is 104 cm³/mol. The largest absolute Gasteiger partial charge is 0.388 e. The highest BCUT2D eigenvalue weighted by atomic mass is 19.1. The molecule has 0 aromatic carbocycles. The predicted octanol–water partition coefficient (Wildman–Crippen LogP) is 2.24. The molecule has 4 heterocycles. The number of rotatable bonds is 3. The van der Waals surface area contributed by atoms with Gasteiger partial charge in [0, 0.05) is 31.2 Å². The SMILES string of the molecule is OC1(C2CN(c3ccc(F)c(-c4n[nH]c5ncccc45)n3)CCN2)CCCC1. The standard InChI is InChI=1S/C20H23FN6O/c21-14-5-6-16(24-18(14)17-13-4-3-9-23-19(13)26-25-17)27-11-10-22-15(12-27)20(28)7-1-2-8-20/h3-6,9,15,22,28H,1-2,7-8,10-12H2,(H,23,25,26).